The van der Waals surface area contributed by atoms with E-state index < -0.39 is 10.0 Å². The number of nitrogens with one attached hydrogen (secondary N) is 1. The summed E-state index contributed by atoms with van der Waals surface area (Å²) in [5.41, 5.74) is 0.995. The third-order valence-electron chi connectivity index (χ3n) is 2.90. The summed E-state index contributed by atoms with van der Waals surface area (Å²) >= 11 is 0. The lowest BCUT2D eigenvalue weighted by atomic mass is 10.1. The molecule has 0 bridgehead atoms. The van der Waals surface area contributed by atoms with Crippen LogP contribution in [0.25, 0.3) is 0 Å². The van der Waals surface area contributed by atoms with Crippen LogP contribution in [-0.2, 0) is 14.8 Å². The first-order valence-corrected chi connectivity index (χ1v) is 7.73. The van der Waals surface area contributed by atoms with Gasteiger partial charge in [-0.15, -0.1) is 0 Å². The van der Waals surface area contributed by atoms with E-state index in [1.807, 2.05) is 6.92 Å². The maximum atomic E-state index is 12.1. The third kappa shape index (κ3) is 4.59. The Morgan fingerprint density at radius 3 is 2.60 bits per heavy atom. The summed E-state index contributed by atoms with van der Waals surface area (Å²) in [5.74, 6) is -0.243. The molecule has 1 unspecified atom stereocenters. The highest BCUT2D eigenvalue weighted by Crippen LogP contribution is 2.14. The maximum absolute atomic E-state index is 12.1. The Kier molecular flexibility index (Phi) is 5.67. The zero-order valence-electron chi connectivity index (χ0n) is 11.8. The molecular formula is C13H20N2O4S. The molecule has 0 radical (unpaired) electrons. The van der Waals surface area contributed by atoms with Crippen molar-refractivity contribution in [1.29, 1.82) is 0 Å². The van der Waals surface area contributed by atoms with Crippen LogP contribution in [0.4, 0.5) is 0 Å². The SMILES string of the molecule is COCCC(C)NC(=O)c1ccc(S(N)(=O)=O)cc1C. The molecular weight excluding hydrogens is 280 g/mol. The zero-order valence-corrected chi connectivity index (χ0v) is 12.7. The van der Waals surface area contributed by atoms with Gasteiger partial charge in [-0.05, 0) is 44.0 Å². The number of hydrogen-bond acceptors (Lipinski definition) is 4. The second-order valence-corrected chi connectivity index (χ2v) is 6.24. The molecule has 0 aliphatic carbocycles. The van der Waals surface area contributed by atoms with Gasteiger partial charge >= 0.3 is 0 Å². The minimum atomic E-state index is -3.75. The predicted octanol–water partition coefficient (Wildman–Crippen LogP) is 0.797. The first-order valence-electron chi connectivity index (χ1n) is 6.19. The molecule has 1 amide bonds. The van der Waals surface area contributed by atoms with E-state index in [4.69, 9.17) is 9.88 Å². The molecule has 20 heavy (non-hydrogen) atoms. The second kappa shape index (κ2) is 6.83. The van der Waals surface area contributed by atoms with Gasteiger partial charge in [0, 0.05) is 25.3 Å². The van der Waals surface area contributed by atoms with Crippen molar-refractivity contribution in [2.75, 3.05) is 13.7 Å². The van der Waals surface area contributed by atoms with Crippen LogP contribution in [-0.4, -0.2) is 34.1 Å². The first kappa shape index (κ1) is 16.6. The van der Waals surface area contributed by atoms with E-state index in [0.29, 0.717) is 24.2 Å². The number of carbonyl (C=O) groups excluding carboxylic acids is 1. The van der Waals surface area contributed by atoms with Crippen molar-refractivity contribution in [3.05, 3.63) is 29.3 Å². The molecule has 1 atom stereocenters. The highest BCUT2D eigenvalue weighted by Gasteiger charge is 2.15. The molecule has 1 rings (SSSR count). The average Bonchev–Trinajstić information content (AvgIpc) is 2.34. The van der Waals surface area contributed by atoms with Crippen LogP contribution in [0.1, 0.15) is 29.3 Å². The summed E-state index contributed by atoms with van der Waals surface area (Å²) in [6.07, 6.45) is 0.705. The molecule has 0 aliphatic rings. The summed E-state index contributed by atoms with van der Waals surface area (Å²) in [6.45, 7) is 4.11. The zero-order chi connectivity index (χ0) is 15.3. The van der Waals surface area contributed by atoms with Gasteiger partial charge < -0.3 is 10.1 Å². The van der Waals surface area contributed by atoms with Gasteiger partial charge in [0.25, 0.3) is 5.91 Å². The van der Waals surface area contributed by atoms with Crippen molar-refractivity contribution < 1.29 is 17.9 Å². The molecule has 6 nitrogen and oxygen atoms in total. The molecule has 0 aromatic heterocycles. The van der Waals surface area contributed by atoms with E-state index in [9.17, 15) is 13.2 Å². The summed E-state index contributed by atoms with van der Waals surface area (Å²) in [5, 5.41) is 7.88. The molecule has 0 heterocycles. The number of methoxy groups -OCH3 is 1. The van der Waals surface area contributed by atoms with E-state index in [-0.39, 0.29) is 16.8 Å². The van der Waals surface area contributed by atoms with Gasteiger partial charge in [-0.1, -0.05) is 0 Å². The normalized spacial score (nSPS) is 13.0. The van der Waals surface area contributed by atoms with Crippen molar-refractivity contribution in [2.24, 2.45) is 5.14 Å². The molecule has 0 saturated carbocycles. The lowest BCUT2D eigenvalue weighted by molar-refractivity contribution is 0.0929. The van der Waals surface area contributed by atoms with Crippen LogP contribution < -0.4 is 10.5 Å². The average molecular weight is 300 g/mol. The van der Waals surface area contributed by atoms with Crippen LogP contribution in [0.3, 0.4) is 0 Å². The summed E-state index contributed by atoms with van der Waals surface area (Å²) in [7, 11) is -2.15. The Balaban J connectivity index is 2.84. The molecule has 3 N–H and O–H groups in total. The Bertz CT molecular complexity index is 584. The topological polar surface area (TPSA) is 98.5 Å². The number of amides is 1. The Labute approximate surface area is 119 Å². The lowest BCUT2D eigenvalue weighted by Crippen LogP contribution is -2.33. The van der Waals surface area contributed by atoms with Gasteiger partial charge in [-0.3, -0.25) is 4.79 Å². The van der Waals surface area contributed by atoms with Gasteiger partial charge in [0.05, 0.1) is 4.90 Å². The standard InChI is InChI=1S/C13H20N2O4S/c1-9-8-11(20(14,17)18)4-5-12(9)13(16)15-10(2)6-7-19-3/h4-5,8,10H,6-7H2,1-3H3,(H,15,16)(H2,14,17,18). The number of rotatable bonds is 6. The number of sulfonamides is 1. The number of primary sulfonamides is 1. The Hall–Kier alpha value is -1.44. The minimum Gasteiger partial charge on any atom is -0.385 e. The summed E-state index contributed by atoms with van der Waals surface area (Å²) in [6, 6.07) is 4.16. The maximum Gasteiger partial charge on any atom is 0.251 e. The number of nitrogens with two attached hydrogens (primary N) is 1. The predicted molar refractivity (Wildman–Crippen MR) is 76.0 cm³/mol. The monoisotopic (exact) mass is 300 g/mol. The van der Waals surface area contributed by atoms with Gasteiger partial charge in [-0.2, -0.15) is 0 Å². The number of carbonyl (C=O) groups is 1. The molecule has 112 valence electrons. The highest BCUT2D eigenvalue weighted by atomic mass is 32.2. The molecule has 1 aromatic rings. The largest absolute Gasteiger partial charge is 0.385 e. The number of aryl methyl sites for hydroxylation is 1. The fourth-order valence-electron chi connectivity index (χ4n) is 1.74. The minimum absolute atomic E-state index is 0.000943. The fraction of sp³-hybridized carbons (Fsp3) is 0.462. The van der Waals surface area contributed by atoms with E-state index in [2.05, 4.69) is 5.32 Å². The van der Waals surface area contributed by atoms with Crippen molar-refractivity contribution in [2.45, 2.75) is 31.2 Å². The fourth-order valence-corrected chi connectivity index (χ4v) is 2.34. The van der Waals surface area contributed by atoms with Crippen LogP contribution in [0, 0.1) is 6.92 Å². The van der Waals surface area contributed by atoms with Crippen LogP contribution in [0.2, 0.25) is 0 Å². The third-order valence-corrected chi connectivity index (χ3v) is 3.81. The lowest BCUT2D eigenvalue weighted by Gasteiger charge is -2.14. The van der Waals surface area contributed by atoms with Crippen molar-refractivity contribution >= 4 is 15.9 Å². The highest BCUT2D eigenvalue weighted by molar-refractivity contribution is 7.89. The molecule has 7 heteroatoms. The number of benzene rings is 1. The second-order valence-electron chi connectivity index (χ2n) is 4.68. The molecule has 1 aromatic carbocycles. The van der Waals surface area contributed by atoms with E-state index >= 15 is 0 Å². The van der Waals surface area contributed by atoms with Gasteiger partial charge in [0.2, 0.25) is 10.0 Å². The Morgan fingerprint density at radius 1 is 1.45 bits per heavy atom. The first-order chi connectivity index (χ1) is 9.25. The van der Waals surface area contributed by atoms with Crippen LogP contribution in [0.15, 0.2) is 23.1 Å². The molecule has 0 aliphatic heterocycles. The smallest absolute Gasteiger partial charge is 0.251 e. The van der Waals surface area contributed by atoms with E-state index in [0.717, 1.165) is 0 Å². The van der Waals surface area contributed by atoms with Gasteiger partial charge in [0.15, 0.2) is 0 Å². The van der Waals surface area contributed by atoms with Crippen LogP contribution in [0.5, 0.6) is 0 Å². The van der Waals surface area contributed by atoms with Crippen LogP contribution >= 0.6 is 0 Å². The summed E-state index contributed by atoms with van der Waals surface area (Å²) in [4.78, 5) is 12.1. The van der Waals surface area contributed by atoms with Crippen molar-refractivity contribution in [3.8, 4) is 0 Å². The summed E-state index contributed by atoms with van der Waals surface area (Å²) < 4.78 is 27.4. The molecule has 0 saturated heterocycles. The van der Waals surface area contributed by atoms with Gasteiger partial charge in [0.1, 0.15) is 0 Å². The van der Waals surface area contributed by atoms with E-state index in [1.165, 1.54) is 18.2 Å². The number of hydrogen-bond donors (Lipinski definition) is 2. The van der Waals surface area contributed by atoms with Crippen molar-refractivity contribution in [3.63, 3.8) is 0 Å². The Morgan fingerprint density at radius 2 is 2.10 bits per heavy atom. The van der Waals surface area contributed by atoms with Crippen molar-refractivity contribution in [1.82, 2.24) is 5.32 Å². The number of ether oxygens (including phenoxy) is 1. The molecule has 0 fully saturated rings. The quantitative estimate of drug-likeness (QED) is 0.811. The molecule has 0 spiro atoms. The van der Waals surface area contributed by atoms with E-state index in [1.54, 1.807) is 14.0 Å². The van der Waals surface area contributed by atoms with Gasteiger partial charge in [-0.25, -0.2) is 13.6 Å².